The summed E-state index contributed by atoms with van der Waals surface area (Å²) in [6.07, 6.45) is 5.57. The predicted molar refractivity (Wildman–Crippen MR) is 312 cm³/mol. The van der Waals surface area contributed by atoms with Crippen LogP contribution >= 0.6 is 11.3 Å². The van der Waals surface area contributed by atoms with Crippen molar-refractivity contribution in [3.63, 3.8) is 0 Å². The molecular formula is C70H47N3S. The minimum Gasteiger partial charge on any atom is -0.256 e. The van der Waals surface area contributed by atoms with Gasteiger partial charge in [0.05, 0.1) is 17.1 Å². The normalized spacial score (nSPS) is 11.3. The molecule has 0 aliphatic carbocycles. The van der Waals surface area contributed by atoms with E-state index < -0.39 is 0 Å². The van der Waals surface area contributed by atoms with Crippen LogP contribution in [0.2, 0.25) is 0 Å². The maximum absolute atomic E-state index is 4.81. The highest BCUT2D eigenvalue weighted by Gasteiger charge is 2.20. The van der Waals surface area contributed by atoms with Gasteiger partial charge < -0.3 is 0 Å². The van der Waals surface area contributed by atoms with E-state index in [-0.39, 0.29) is 0 Å². The summed E-state index contributed by atoms with van der Waals surface area (Å²) in [5.74, 6) is 0. The molecule has 0 N–H and O–H groups in total. The third-order valence-corrected chi connectivity index (χ3v) is 15.3. The number of hydrogen-bond donors (Lipinski definition) is 0. The van der Waals surface area contributed by atoms with Crippen molar-refractivity contribution < 1.29 is 0 Å². The molecule has 13 rings (SSSR count). The van der Waals surface area contributed by atoms with Crippen molar-refractivity contribution in [2.45, 2.75) is 6.92 Å². The Morgan fingerprint density at radius 1 is 0.243 bits per heavy atom. The first-order chi connectivity index (χ1) is 36.6. The van der Waals surface area contributed by atoms with Gasteiger partial charge in [0.1, 0.15) is 0 Å². The summed E-state index contributed by atoms with van der Waals surface area (Å²) < 4.78 is 2.58. The van der Waals surface area contributed by atoms with Crippen LogP contribution in [0.4, 0.5) is 0 Å². The Bertz CT molecular complexity index is 4020. The molecule has 9 aromatic carbocycles. The summed E-state index contributed by atoms with van der Waals surface area (Å²) in [6.45, 7) is 2.17. The minimum absolute atomic E-state index is 0.944. The fourth-order valence-corrected chi connectivity index (χ4v) is 11.6. The Kier molecular flexibility index (Phi) is 11.7. The molecule has 4 heteroatoms. The molecule has 0 aliphatic heterocycles. The van der Waals surface area contributed by atoms with Gasteiger partial charge in [0.2, 0.25) is 0 Å². The second kappa shape index (κ2) is 19.3. The van der Waals surface area contributed by atoms with Gasteiger partial charge in [0.25, 0.3) is 0 Å². The van der Waals surface area contributed by atoms with Crippen LogP contribution in [0.3, 0.4) is 0 Å². The van der Waals surface area contributed by atoms with Crippen molar-refractivity contribution >= 4 is 31.5 Å². The highest BCUT2D eigenvalue weighted by molar-refractivity contribution is 7.25. The summed E-state index contributed by atoms with van der Waals surface area (Å²) in [5, 5.41) is 2.60. The molecule has 0 unspecified atom stereocenters. The number of thiophene rings is 1. The van der Waals surface area contributed by atoms with E-state index in [2.05, 4.69) is 235 Å². The number of nitrogens with zero attached hydrogens (tertiary/aromatic N) is 3. The molecule has 0 saturated carbocycles. The molecule has 0 atom stereocenters. The zero-order chi connectivity index (χ0) is 49.4. The Balaban J connectivity index is 0.999. The van der Waals surface area contributed by atoms with E-state index in [1.807, 2.05) is 60.3 Å². The lowest BCUT2D eigenvalue weighted by Gasteiger charge is -2.19. The van der Waals surface area contributed by atoms with Crippen LogP contribution in [0.15, 0.2) is 267 Å². The van der Waals surface area contributed by atoms with Gasteiger partial charge in [-0.25, -0.2) is 0 Å². The van der Waals surface area contributed by atoms with Gasteiger partial charge in [-0.05, 0) is 164 Å². The van der Waals surface area contributed by atoms with Crippen LogP contribution in [0.25, 0.3) is 132 Å². The van der Waals surface area contributed by atoms with E-state index in [1.165, 1.54) is 31.3 Å². The standard InChI is InChI=1S/C70H47N3S/c1-46-23-36-69-65(40-46)63-35-32-51(45-70(63)74-69)64-44-52(68-22-10-13-39-73-68)33-34-62(64)61-19-7-6-18-60(61)55-42-53(58-16-4-2-14-56(58)47-24-28-49(29-25-47)66-20-8-11-37-71-66)41-54(43-55)59-17-5-3-15-57(59)48-26-30-50(31-27-48)67-21-9-12-38-72-67/h2-45H,1H3. The van der Waals surface area contributed by atoms with Gasteiger partial charge in [-0.2, -0.15) is 0 Å². The predicted octanol–water partition coefficient (Wildman–Crippen LogP) is 19.2. The Morgan fingerprint density at radius 2 is 0.649 bits per heavy atom. The molecular weight excluding hydrogens is 915 g/mol. The number of benzene rings is 9. The fraction of sp³-hybridized carbons (Fsp3) is 0.0143. The molecule has 0 aliphatic rings. The van der Waals surface area contributed by atoms with Crippen molar-refractivity contribution in [3.05, 3.63) is 273 Å². The third-order valence-electron chi connectivity index (χ3n) is 14.2. The zero-order valence-corrected chi connectivity index (χ0v) is 41.5. The number of hydrogen-bond acceptors (Lipinski definition) is 4. The van der Waals surface area contributed by atoms with Crippen LogP contribution in [0.5, 0.6) is 0 Å². The first-order valence-electron chi connectivity index (χ1n) is 25.0. The van der Waals surface area contributed by atoms with Gasteiger partial charge in [-0.1, -0.05) is 175 Å². The Morgan fingerprint density at radius 3 is 1.15 bits per heavy atom. The molecule has 3 nitrogen and oxygen atoms in total. The highest BCUT2D eigenvalue weighted by Crippen LogP contribution is 2.46. The van der Waals surface area contributed by atoms with Gasteiger partial charge in [0.15, 0.2) is 0 Å². The largest absolute Gasteiger partial charge is 0.256 e. The van der Waals surface area contributed by atoms with Crippen molar-refractivity contribution in [3.8, 4) is 112 Å². The molecule has 0 fully saturated rings. The summed E-state index contributed by atoms with van der Waals surface area (Å²) in [7, 11) is 0. The molecule has 13 aromatic rings. The maximum atomic E-state index is 4.81. The van der Waals surface area contributed by atoms with Crippen molar-refractivity contribution in [1.82, 2.24) is 15.0 Å². The van der Waals surface area contributed by atoms with E-state index in [1.54, 1.807) is 0 Å². The smallest absolute Gasteiger partial charge is 0.0702 e. The molecule has 348 valence electrons. The molecule has 0 bridgehead atoms. The van der Waals surface area contributed by atoms with E-state index in [0.29, 0.717) is 0 Å². The monoisotopic (exact) mass is 961 g/mol. The SMILES string of the molecule is Cc1ccc2sc3cc(-c4cc(-c5ccccn5)ccc4-c4ccccc4-c4cc(-c5ccccc5-c5ccc(-c6ccccn6)cc5)cc(-c5ccccc5-c5ccc(-c6ccccn6)cc5)c4)ccc3c2c1. The van der Waals surface area contributed by atoms with Gasteiger partial charge in [-0.3, -0.25) is 15.0 Å². The summed E-state index contributed by atoms with van der Waals surface area (Å²) >= 11 is 1.86. The van der Waals surface area contributed by atoms with Crippen LogP contribution in [0, 0.1) is 6.92 Å². The minimum atomic E-state index is 0.944. The van der Waals surface area contributed by atoms with Crippen LogP contribution in [-0.2, 0) is 0 Å². The van der Waals surface area contributed by atoms with Gasteiger partial charge in [0, 0.05) is 55.5 Å². The quantitative estimate of drug-likeness (QED) is 0.137. The number of aromatic nitrogens is 3. The maximum Gasteiger partial charge on any atom is 0.0702 e. The lowest BCUT2D eigenvalue weighted by molar-refractivity contribution is 1.33. The van der Waals surface area contributed by atoms with E-state index in [0.717, 1.165) is 106 Å². The second-order valence-electron chi connectivity index (χ2n) is 18.8. The molecule has 0 spiro atoms. The Hall–Kier alpha value is -9.35. The van der Waals surface area contributed by atoms with Crippen molar-refractivity contribution in [2.75, 3.05) is 0 Å². The number of fused-ring (bicyclic) bond motifs is 3. The topological polar surface area (TPSA) is 38.7 Å². The second-order valence-corrected chi connectivity index (χ2v) is 19.9. The van der Waals surface area contributed by atoms with E-state index in [4.69, 9.17) is 4.98 Å². The molecule has 0 radical (unpaired) electrons. The molecule has 4 heterocycles. The number of rotatable bonds is 10. The summed E-state index contributed by atoms with van der Waals surface area (Å²) in [6, 6.07) is 90.2. The lowest BCUT2D eigenvalue weighted by atomic mass is 9.84. The van der Waals surface area contributed by atoms with Gasteiger partial charge in [-0.15, -0.1) is 11.3 Å². The summed E-state index contributed by atoms with van der Waals surface area (Å²) in [4.78, 5) is 14.1. The summed E-state index contributed by atoms with van der Waals surface area (Å²) in [5.41, 5.74) is 23.5. The zero-order valence-electron chi connectivity index (χ0n) is 40.7. The number of pyridine rings is 3. The molecule has 0 amide bonds. The molecule has 74 heavy (non-hydrogen) atoms. The molecule has 4 aromatic heterocycles. The lowest BCUT2D eigenvalue weighted by Crippen LogP contribution is -1.94. The van der Waals surface area contributed by atoms with E-state index in [9.17, 15) is 0 Å². The van der Waals surface area contributed by atoms with Crippen LogP contribution < -0.4 is 0 Å². The van der Waals surface area contributed by atoms with Gasteiger partial charge >= 0.3 is 0 Å². The average molecular weight is 962 g/mol. The highest BCUT2D eigenvalue weighted by atomic mass is 32.1. The average Bonchev–Trinajstić information content (AvgIpc) is 3.85. The van der Waals surface area contributed by atoms with Crippen molar-refractivity contribution in [2.24, 2.45) is 0 Å². The fourth-order valence-electron chi connectivity index (χ4n) is 10.5. The number of aryl methyl sites for hydroxylation is 1. The van der Waals surface area contributed by atoms with E-state index >= 15 is 0 Å². The third kappa shape index (κ3) is 8.57. The van der Waals surface area contributed by atoms with Crippen LogP contribution in [0.1, 0.15) is 5.56 Å². The molecule has 0 saturated heterocycles. The first kappa shape index (κ1) is 44.6. The first-order valence-corrected chi connectivity index (χ1v) is 25.9. The Labute approximate surface area is 435 Å². The van der Waals surface area contributed by atoms with Crippen LogP contribution in [-0.4, -0.2) is 15.0 Å². The van der Waals surface area contributed by atoms with Crippen molar-refractivity contribution in [1.29, 1.82) is 0 Å².